The van der Waals surface area contributed by atoms with Crippen molar-refractivity contribution in [3.8, 4) is 0 Å². The van der Waals surface area contributed by atoms with Gasteiger partial charge in [-0.25, -0.2) is 0 Å². The molecule has 2 N–H and O–H groups in total. The van der Waals surface area contributed by atoms with Crippen molar-refractivity contribution in [3.63, 3.8) is 0 Å². The van der Waals surface area contributed by atoms with Gasteiger partial charge in [-0.15, -0.1) is 0 Å². The zero-order valence-corrected chi connectivity index (χ0v) is 13.5. The maximum absolute atomic E-state index is 11.6. The van der Waals surface area contributed by atoms with Crippen LogP contribution in [-0.4, -0.2) is 72.2 Å². The van der Waals surface area contributed by atoms with Gasteiger partial charge in [-0.05, 0) is 46.7 Å². The van der Waals surface area contributed by atoms with Crippen molar-refractivity contribution in [1.82, 2.24) is 15.1 Å². The molecule has 1 unspecified atom stereocenters. The van der Waals surface area contributed by atoms with E-state index in [-0.39, 0.29) is 6.04 Å². The Bertz CT molecular complexity index is 301. The van der Waals surface area contributed by atoms with Gasteiger partial charge in [0.25, 0.3) is 0 Å². The van der Waals surface area contributed by atoms with Gasteiger partial charge >= 0.3 is 5.97 Å². The first kappa shape index (κ1) is 17.4. The summed E-state index contributed by atoms with van der Waals surface area (Å²) in [6.07, 6.45) is 2.26. The summed E-state index contributed by atoms with van der Waals surface area (Å²) in [5, 5.41) is 12.8. The van der Waals surface area contributed by atoms with E-state index in [1.165, 1.54) is 0 Å². The van der Waals surface area contributed by atoms with Crippen LogP contribution in [0.5, 0.6) is 0 Å². The molecule has 0 aromatic carbocycles. The van der Waals surface area contributed by atoms with Gasteiger partial charge in [-0.3, -0.25) is 10.1 Å². The molecule has 0 spiro atoms. The average Bonchev–Trinajstić information content (AvgIpc) is 2.39. The normalized spacial score (nSPS) is 21.1. The minimum absolute atomic E-state index is 0.190. The first-order chi connectivity index (χ1) is 9.39. The van der Waals surface area contributed by atoms with Gasteiger partial charge < -0.3 is 14.9 Å². The number of aliphatic carboxylic acids is 1. The lowest BCUT2D eigenvalue weighted by Gasteiger charge is -2.35. The lowest BCUT2D eigenvalue weighted by atomic mass is 9.89. The van der Waals surface area contributed by atoms with Gasteiger partial charge in [-0.2, -0.15) is 0 Å². The van der Waals surface area contributed by atoms with E-state index in [1.807, 2.05) is 20.8 Å². The van der Waals surface area contributed by atoms with Crippen LogP contribution in [0.15, 0.2) is 0 Å². The number of carbonyl (C=O) groups is 1. The van der Waals surface area contributed by atoms with E-state index >= 15 is 0 Å². The predicted octanol–water partition coefficient (Wildman–Crippen LogP) is 1.25. The molecular formula is C15H31N3O2. The van der Waals surface area contributed by atoms with E-state index in [4.69, 9.17) is 0 Å². The maximum Gasteiger partial charge on any atom is 0.323 e. The van der Waals surface area contributed by atoms with Crippen LogP contribution >= 0.6 is 0 Å². The molecule has 1 heterocycles. The standard InChI is InChI=1S/C15H31N3O2/c1-5-15(14(19)20,16-13(2)3)7-6-8-18-11-9-17(4)10-12-18/h13,16H,5-12H2,1-4H3,(H,19,20). The highest BCUT2D eigenvalue weighted by molar-refractivity contribution is 5.78. The topological polar surface area (TPSA) is 55.8 Å². The first-order valence-electron chi connectivity index (χ1n) is 7.81. The second-order valence-corrected chi connectivity index (χ2v) is 6.29. The van der Waals surface area contributed by atoms with Crippen LogP contribution in [-0.2, 0) is 4.79 Å². The molecule has 118 valence electrons. The second-order valence-electron chi connectivity index (χ2n) is 6.29. The molecule has 0 radical (unpaired) electrons. The summed E-state index contributed by atoms with van der Waals surface area (Å²) >= 11 is 0. The summed E-state index contributed by atoms with van der Waals surface area (Å²) in [5.74, 6) is -0.716. The van der Waals surface area contributed by atoms with E-state index in [1.54, 1.807) is 0 Å². The molecule has 1 aliphatic rings. The van der Waals surface area contributed by atoms with Crippen molar-refractivity contribution in [2.75, 3.05) is 39.8 Å². The Kier molecular flexibility index (Phi) is 6.92. The Morgan fingerprint density at radius 2 is 1.90 bits per heavy atom. The summed E-state index contributed by atoms with van der Waals surface area (Å²) in [6, 6.07) is 0.190. The second kappa shape index (κ2) is 7.96. The summed E-state index contributed by atoms with van der Waals surface area (Å²) in [6.45, 7) is 11.4. The lowest BCUT2D eigenvalue weighted by Crippen LogP contribution is -2.54. The summed E-state index contributed by atoms with van der Waals surface area (Å²) in [7, 11) is 2.15. The largest absolute Gasteiger partial charge is 0.480 e. The number of piperazine rings is 1. The minimum Gasteiger partial charge on any atom is -0.480 e. The van der Waals surface area contributed by atoms with Crippen molar-refractivity contribution >= 4 is 5.97 Å². The fraction of sp³-hybridized carbons (Fsp3) is 0.933. The van der Waals surface area contributed by atoms with E-state index in [9.17, 15) is 9.90 Å². The molecular weight excluding hydrogens is 254 g/mol. The Hall–Kier alpha value is -0.650. The van der Waals surface area contributed by atoms with Crippen LogP contribution < -0.4 is 5.32 Å². The number of likely N-dealkylation sites (N-methyl/N-ethyl adjacent to an activating group) is 1. The lowest BCUT2D eigenvalue weighted by molar-refractivity contribution is -0.145. The van der Waals surface area contributed by atoms with Crippen molar-refractivity contribution in [2.45, 2.75) is 51.6 Å². The molecule has 0 amide bonds. The predicted molar refractivity (Wildman–Crippen MR) is 82.1 cm³/mol. The fourth-order valence-corrected chi connectivity index (χ4v) is 2.90. The number of rotatable bonds is 8. The molecule has 0 aliphatic carbocycles. The quantitative estimate of drug-likeness (QED) is 0.703. The van der Waals surface area contributed by atoms with E-state index in [2.05, 4.69) is 22.2 Å². The van der Waals surface area contributed by atoms with Gasteiger partial charge in [-0.1, -0.05) is 6.92 Å². The molecule has 1 fully saturated rings. The van der Waals surface area contributed by atoms with E-state index in [0.717, 1.165) is 39.1 Å². The third-order valence-electron chi connectivity index (χ3n) is 4.25. The number of carboxylic acid groups (broad SMARTS) is 1. The molecule has 5 nitrogen and oxygen atoms in total. The Morgan fingerprint density at radius 1 is 1.30 bits per heavy atom. The van der Waals surface area contributed by atoms with Gasteiger partial charge in [0.1, 0.15) is 5.54 Å². The van der Waals surface area contributed by atoms with Crippen LogP contribution in [0.2, 0.25) is 0 Å². The Morgan fingerprint density at radius 3 is 2.35 bits per heavy atom. The molecule has 0 saturated carbocycles. The highest BCUT2D eigenvalue weighted by atomic mass is 16.4. The number of hydrogen-bond donors (Lipinski definition) is 2. The van der Waals surface area contributed by atoms with Crippen molar-refractivity contribution in [1.29, 1.82) is 0 Å². The molecule has 5 heteroatoms. The van der Waals surface area contributed by atoms with Crippen LogP contribution in [0.4, 0.5) is 0 Å². The zero-order valence-electron chi connectivity index (χ0n) is 13.5. The van der Waals surface area contributed by atoms with Gasteiger partial charge in [0.05, 0.1) is 0 Å². The zero-order chi connectivity index (χ0) is 15.2. The minimum atomic E-state index is -0.763. The average molecular weight is 285 g/mol. The number of nitrogens with zero attached hydrogens (tertiary/aromatic N) is 2. The van der Waals surface area contributed by atoms with Crippen LogP contribution in [0, 0.1) is 0 Å². The number of hydrogen-bond acceptors (Lipinski definition) is 4. The molecule has 0 aromatic heterocycles. The van der Waals surface area contributed by atoms with Crippen molar-refractivity contribution in [3.05, 3.63) is 0 Å². The van der Waals surface area contributed by atoms with E-state index < -0.39 is 11.5 Å². The van der Waals surface area contributed by atoms with Gasteiger partial charge in [0, 0.05) is 32.2 Å². The summed E-state index contributed by atoms with van der Waals surface area (Å²) in [4.78, 5) is 16.4. The highest BCUT2D eigenvalue weighted by Crippen LogP contribution is 2.19. The van der Waals surface area contributed by atoms with Crippen LogP contribution in [0.3, 0.4) is 0 Å². The molecule has 1 aliphatic heterocycles. The van der Waals surface area contributed by atoms with Crippen molar-refractivity contribution < 1.29 is 9.90 Å². The number of nitrogens with one attached hydrogen (secondary N) is 1. The molecule has 0 bridgehead atoms. The number of carboxylic acids is 1. The third-order valence-corrected chi connectivity index (χ3v) is 4.25. The Labute approximate surface area is 123 Å². The van der Waals surface area contributed by atoms with E-state index in [0.29, 0.717) is 12.8 Å². The molecule has 1 atom stereocenters. The first-order valence-corrected chi connectivity index (χ1v) is 7.81. The smallest absolute Gasteiger partial charge is 0.323 e. The third kappa shape index (κ3) is 5.04. The fourth-order valence-electron chi connectivity index (χ4n) is 2.90. The summed E-state index contributed by atoms with van der Waals surface area (Å²) in [5.41, 5.74) is -0.763. The molecule has 20 heavy (non-hydrogen) atoms. The van der Waals surface area contributed by atoms with Gasteiger partial charge in [0.15, 0.2) is 0 Å². The maximum atomic E-state index is 11.6. The van der Waals surface area contributed by atoms with Crippen molar-refractivity contribution in [2.24, 2.45) is 0 Å². The summed E-state index contributed by atoms with van der Waals surface area (Å²) < 4.78 is 0. The molecule has 1 rings (SSSR count). The van der Waals surface area contributed by atoms with Crippen LogP contribution in [0.1, 0.15) is 40.0 Å². The highest BCUT2D eigenvalue weighted by Gasteiger charge is 2.36. The van der Waals surface area contributed by atoms with Crippen LogP contribution in [0.25, 0.3) is 0 Å². The molecule has 0 aromatic rings. The Balaban J connectivity index is 2.44. The van der Waals surface area contributed by atoms with Gasteiger partial charge in [0.2, 0.25) is 0 Å². The SMILES string of the molecule is CCC(CCCN1CCN(C)CC1)(NC(C)C)C(=O)O. The molecule has 1 saturated heterocycles. The monoisotopic (exact) mass is 285 g/mol.